The lowest BCUT2D eigenvalue weighted by Crippen LogP contribution is -2.21. The molecule has 0 aliphatic rings. The summed E-state index contributed by atoms with van der Waals surface area (Å²) in [6.07, 6.45) is 4.97. The van der Waals surface area contributed by atoms with Crippen molar-refractivity contribution in [3.8, 4) is 0 Å². The van der Waals surface area contributed by atoms with E-state index in [9.17, 15) is 4.79 Å². The van der Waals surface area contributed by atoms with Gasteiger partial charge in [0.05, 0.1) is 0 Å². The molecule has 0 aliphatic heterocycles. The second kappa shape index (κ2) is 6.87. The monoisotopic (exact) mass is 163 g/mol. The Balaban J connectivity index is 3.04. The molecular weight excluding hydrogens is 150 g/mol. The molecule has 3 heteroatoms. The summed E-state index contributed by atoms with van der Waals surface area (Å²) in [5.41, 5.74) is -0.177. The summed E-state index contributed by atoms with van der Waals surface area (Å²) in [4.78, 5) is 9.85. The molecule has 1 N–H and O–H groups in total. The maximum Gasteiger partial charge on any atom is 0.208 e. The van der Waals surface area contributed by atoms with E-state index < -0.39 is 0 Å². The highest BCUT2D eigenvalue weighted by Gasteiger charge is 1.99. The lowest BCUT2D eigenvalue weighted by molar-refractivity contribution is -0.109. The van der Waals surface area contributed by atoms with Crippen LogP contribution in [0.3, 0.4) is 0 Å². The molecule has 0 rings (SSSR count). The highest BCUT2D eigenvalue weighted by molar-refractivity contribution is 6.20. The standard InChI is InChI=1S/C7H14ClNO/c1-2-3-4-5-7(8)9-6-10/h6-7H,2-5H2,1H3,(H,9,10). The first-order chi connectivity index (χ1) is 4.81. The van der Waals surface area contributed by atoms with E-state index in [0.717, 1.165) is 12.8 Å². The summed E-state index contributed by atoms with van der Waals surface area (Å²) in [5.74, 6) is 0. The topological polar surface area (TPSA) is 29.1 Å². The molecule has 0 aliphatic carbocycles. The van der Waals surface area contributed by atoms with Gasteiger partial charge in [-0.05, 0) is 6.42 Å². The zero-order valence-corrected chi connectivity index (χ0v) is 7.03. The Kier molecular flexibility index (Phi) is 6.71. The average Bonchev–Trinajstić information content (AvgIpc) is 1.89. The Morgan fingerprint density at radius 1 is 1.60 bits per heavy atom. The van der Waals surface area contributed by atoms with Crippen molar-refractivity contribution >= 4 is 18.0 Å². The van der Waals surface area contributed by atoms with Gasteiger partial charge in [0.15, 0.2) is 0 Å². The van der Waals surface area contributed by atoms with Crippen LogP contribution >= 0.6 is 11.6 Å². The summed E-state index contributed by atoms with van der Waals surface area (Å²) < 4.78 is 0. The minimum absolute atomic E-state index is 0.177. The van der Waals surface area contributed by atoms with Crippen molar-refractivity contribution < 1.29 is 4.79 Å². The maximum absolute atomic E-state index is 9.85. The molecule has 0 heterocycles. The molecule has 1 unspecified atom stereocenters. The van der Waals surface area contributed by atoms with Gasteiger partial charge in [-0.15, -0.1) is 0 Å². The van der Waals surface area contributed by atoms with Gasteiger partial charge in [-0.1, -0.05) is 37.8 Å². The molecule has 0 saturated heterocycles. The Morgan fingerprint density at radius 2 is 2.30 bits per heavy atom. The highest BCUT2D eigenvalue weighted by Crippen LogP contribution is 2.05. The molecule has 0 aromatic heterocycles. The van der Waals surface area contributed by atoms with Crippen LogP contribution < -0.4 is 5.32 Å². The van der Waals surface area contributed by atoms with E-state index >= 15 is 0 Å². The van der Waals surface area contributed by atoms with Crippen molar-refractivity contribution in [2.24, 2.45) is 0 Å². The van der Waals surface area contributed by atoms with E-state index in [1.54, 1.807) is 0 Å². The third kappa shape index (κ3) is 5.89. The SMILES string of the molecule is CCCCCC(Cl)NC=O. The van der Waals surface area contributed by atoms with Crippen LogP contribution in [0.4, 0.5) is 0 Å². The quantitative estimate of drug-likeness (QED) is 0.276. The van der Waals surface area contributed by atoms with E-state index in [0.29, 0.717) is 6.41 Å². The lowest BCUT2D eigenvalue weighted by Gasteiger charge is -2.05. The first-order valence-corrected chi connectivity index (χ1v) is 4.08. The van der Waals surface area contributed by atoms with Gasteiger partial charge in [-0.2, -0.15) is 0 Å². The minimum atomic E-state index is -0.177. The number of alkyl halides is 1. The number of rotatable bonds is 6. The smallest absolute Gasteiger partial charge is 0.208 e. The van der Waals surface area contributed by atoms with Gasteiger partial charge in [0, 0.05) is 0 Å². The summed E-state index contributed by atoms with van der Waals surface area (Å²) in [6, 6.07) is 0. The number of carbonyl (C=O) groups is 1. The van der Waals surface area contributed by atoms with Gasteiger partial charge < -0.3 is 5.32 Å². The van der Waals surface area contributed by atoms with Crippen molar-refractivity contribution in [2.75, 3.05) is 0 Å². The van der Waals surface area contributed by atoms with Crippen molar-refractivity contribution in [3.05, 3.63) is 0 Å². The summed E-state index contributed by atoms with van der Waals surface area (Å²) in [6.45, 7) is 2.14. The molecule has 1 atom stereocenters. The third-order valence-corrected chi connectivity index (χ3v) is 1.65. The van der Waals surface area contributed by atoms with E-state index in [1.807, 2.05) is 0 Å². The van der Waals surface area contributed by atoms with Crippen LogP contribution in [0.2, 0.25) is 0 Å². The second-order valence-corrected chi connectivity index (χ2v) is 2.77. The first-order valence-electron chi connectivity index (χ1n) is 3.65. The van der Waals surface area contributed by atoms with Crippen LogP contribution in [0, 0.1) is 0 Å². The van der Waals surface area contributed by atoms with Crippen LogP contribution in [0.15, 0.2) is 0 Å². The molecule has 0 bridgehead atoms. The summed E-state index contributed by atoms with van der Waals surface area (Å²) >= 11 is 5.67. The summed E-state index contributed by atoms with van der Waals surface area (Å²) in [7, 11) is 0. The third-order valence-electron chi connectivity index (χ3n) is 1.31. The van der Waals surface area contributed by atoms with Crippen LogP contribution in [-0.2, 0) is 4.79 Å². The number of amides is 1. The zero-order chi connectivity index (χ0) is 7.82. The van der Waals surface area contributed by atoms with Crippen LogP contribution in [-0.4, -0.2) is 11.9 Å². The molecule has 0 spiro atoms. The van der Waals surface area contributed by atoms with E-state index in [1.165, 1.54) is 12.8 Å². The fourth-order valence-corrected chi connectivity index (χ4v) is 0.936. The van der Waals surface area contributed by atoms with Gasteiger partial charge in [-0.25, -0.2) is 0 Å². The van der Waals surface area contributed by atoms with E-state index in [4.69, 9.17) is 11.6 Å². The van der Waals surface area contributed by atoms with Crippen molar-refractivity contribution in [1.29, 1.82) is 0 Å². The number of nitrogens with one attached hydrogen (secondary N) is 1. The molecular formula is C7H14ClNO. The number of unbranched alkanes of at least 4 members (excludes halogenated alkanes) is 2. The first kappa shape index (κ1) is 9.76. The fourth-order valence-electron chi connectivity index (χ4n) is 0.731. The molecule has 0 saturated carbocycles. The molecule has 10 heavy (non-hydrogen) atoms. The Labute approximate surface area is 66.9 Å². The predicted molar refractivity (Wildman–Crippen MR) is 43.0 cm³/mol. The molecule has 0 fully saturated rings. The van der Waals surface area contributed by atoms with E-state index in [2.05, 4.69) is 12.2 Å². The number of halogens is 1. The molecule has 0 radical (unpaired) electrons. The highest BCUT2D eigenvalue weighted by atomic mass is 35.5. The lowest BCUT2D eigenvalue weighted by atomic mass is 10.2. The van der Waals surface area contributed by atoms with Crippen molar-refractivity contribution in [2.45, 2.75) is 38.1 Å². The molecule has 0 aromatic rings. The van der Waals surface area contributed by atoms with Gasteiger partial charge in [-0.3, -0.25) is 4.79 Å². The number of carbonyl (C=O) groups excluding carboxylic acids is 1. The Hall–Kier alpha value is -0.240. The Morgan fingerprint density at radius 3 is 2.80 bits per heavy atom. The zero-order valence-electron chi connectivity index (χ0n) is 6.27. The normalized spacial score (nSPS) is 12.6. The minimum Gasteiger partial charge on any atom is -0.343 e. The van der Waals surface area contributed by atoms with Gasteiger partial charge in [0.2, 0.25) is 6.41 Å². The number of hydrogen-bond acceptors (Lipinski definition) is 1. The van der Waals surface area contributed by atoms with Gasteiger partial charge in [0.25, 0.3) is 0 Å². The predicted octanol–water partition coefficient (Wildman–Crippen LogP) is 1.88. The maximum atomic E-state index is 9.85. The largest absolute Gasteiger partial charge is 0.343 e. The molecule has 60 valence electrons. The summed E-state index contributed by atoms with van der Waals surface area (Å²) in [5, 5.41) is 2.49. The fraction of sp³-hybridized carbons (Fsp3) is 0.857. The molecule has 1 amide bonds. The van der Waals surface area contributed by atoms with Crippen LogP contribution in [0.5, 0.6) is 0 Å². The van der Waals surface area contributed by atoms with E-state index in [-0.39, 0.29) is 5.50 Å². The number of hydrogen-bond donors (Lipinski definition) is 1. The van der Waals surface area contributed by atoms with Crippen molar-refractivity contribution in [3.63, 3.8) is 0 Å². The van der Waals surface area contributed by atoms with Crippen LogP contribution in [0.25, 0.3) is 0 Å². The molecule has 2 nitrogen and oxygen atoms in total. The van der Waals surface area contributed by atoms with Crippen molar-refractivity contribution in [1.82, 2.24) is 5.32 Å². The average molecular weight is 164 g/mol. The molecule has 0 aromatic carbocycles. The Bertz CT molecular complexity index is 87.7. The van der Waals surface area contributed by atoms with Crippen LogP contribution in [0.1, 0.15) is 32.6 Å². The van der Waals surface area contributed by atoms with Gasteiger partial charge in [0.1, 0.15) is 5.50 Å². The van der Waals surface area contributed by atoms with Gasteiger partial charge >= 0.3 is 0 Å². The second-order valence-electron chi connectivity index (χ2n) is 2.25.